The van der Waals surface area contributed by atoms with Gasteiger partial charge in [0.2, 0.25) is 5.91 Å². The largest absolute Gasteiger partial charge is 0.379 e. The van der Waals surface area contributed by atoms with Crippen molar-refractivity contribution in [3.8, 4) is 0 Å². The number of hydrogen-bond donors (Lipinski definition) is 2. The lowest BCUT2D eigenvalue weighted by Crippen LogP contribution is -2.60. The molecule has 2 fully saturated rings. The summed E-state index contributed by atoms with van der Waals surface area (Å²) in [5, 5.41) is 6.00. The van der Waals surface area contributed by atoms with Gasteiger partial charge in [-0.1, -0.05) is 19.3 Å². The average Bonchev–Trinajstić information content (AvgIpc) is 2.72. The van der Waals surface area contributed by atoms with Crippen molar-refractivity contribution in [2.24, 2.45) is 0 Å². The molecule has 7 nitrogen and oxygen atoms in total. The fraction of sp³-hybridized carbons (Fsp3) is 0.900. The van der Waals surface area contributed by atoms with Gasteiger partial charge in [0, 0.05) is 51.2 Å². The third kappa shape index (κ3) is 6.64. The van der Waals surface area contributed by atoms with Crippen LogP contribution in [0.3, 0.4) is 0 Å². The molecule has 0 aromatic heterocycles. The van der Waals surface area contributed by atoms with Crippen molar-refractivity contribution in [3.05, 3.63) is 0 Å². The summed E-state index contributed by atoms with van der Waals surface area (Å²) in [5.41, 5.74) is 0.0814. The minimum atomic E-state index is -0.122. The summed E-state index contributed by atoms with van der Waals surface area (Å²) in [6, 6.07) is -0.122. The summed E-state index contributed by atoms with van der Waals surface area (Å²) in [7, 11) is 0. The third-order valence-electron chi connectivity index (χ3n) is 6.01. The molecular formula is C20H38N4O3. The quantitative estimate of drug-likeness (QED) is 0.598. The van der Waals surface area contributed by atoms with E-state index < -0.39 is 0 Å². The second kappa shape index (κ2) is 11.5. The highest BCUT2D eigenvalue weighted by Gasteiger charge is 2.38. The van der Waals surface area contributed by atoms with E-state index in [0.29, 0.717) is 25.9 Å². The van der Waals surface area contributed by atoms with E-state index in [-0.39, 0.29) is 17.5 Å². The summed E-state index contributed by atoms with van der Waals surface area (Å²) in [4.78, 5) is 28.6. The van der Waals surface area contributed by atoms with Gasteiger partial charge < -0.3 is 20.3 Å². The summed E-state index contributed by atoms with van der Waals surface area (Å²) >= 11 is 0. The zero-order valence-corrected chi connectivity index (χ0v) is 17.2. The predicted molar refractivity (Wildman–Crippen MR) is 107 cm³/mol. The lowest BCUT2D eigenvalue weighted by atomic mass is 9.80. The van der Waals surface area contributed by atoms with Crippen LogP contribution >= 0.6 is 0 Å². The van der Waals surface area contributed by atoms with Crippen LogP contribution < -0.4 is 10.6 Å². The van der Waals surface area contributed by atoms with Crippen molar-refractivity contribution in [2.75, 3.05) is 52.5 Å². The number of urea groups is 1. The first-order chi connectivity index (χ1) is 13.1. The van der Waals surface area contributed by atoms with Gasteiger partial charge in [-0.15, -0.1) is 0 Å². The summed E-state index contributed by atoms with van der Waals surface area (Å²) in [6.45, 7) is 10.2. The molecule has 2 N–H and O–H groups in total. The molecule has 1 aliphatic carbocycles. The predicted octanol–water partition coefficient (Wildman–Crippen LogP) is 1.97. The fourth-order valence-electron chi connectivity index (χ4n) is 4.34. The van der Waals surface area contributed by atoms with Gasteiger partial charge in [0.1, 0.15) is 0 Å². The molecule has 0 bridgehead atoms. The van der Waals surface area contributed by atoms with Gasteiger partial charge in [-0.05, 0) is 33.1 Å². The zero-order chi connectivity index (χ0) is 19.5. The number of amides is 3. The maximum atomic E-state index is 12.2. The zero-order valence-electron chi connectivity index (χ0n) is 17.2. The van der Waals surface area contributed by atoms with Gasteiger partial charge in [0.15, 0.2) is 0 Å². The molecule has 1 saturated carbocycles. The number of morpholine rings is 1. The molecule has 0 unspecified atom stereocenters. The summed E-state index contributed by atoms with van der Waals surface area (Å²) < 4.78 is 5.51. The molecule has 7 heteroatoms. The Morgan fingerprint density at radius 1 is 1.04 bits per heavy atom. The van der Waals surface area contributed by atoms with Crippen LogP contribution in [0.4, 0.5) is 4.79 Å². The van der Waals surface area contributed by atoms with Crippen molar-refractivity contribution in [2.45, 2.75) is 64.3 Å². The Morgan fingerprint density at radius 2 is 1.70 bits per heavy atom. The maximum absolute atomic E-state index is 12.2. The second-order valence-electron chi connectivity index (χ2n) is 7.66. The van der Waals surface area contributed by atoms with Crippen LogP contribution in [0.1, 0.15) is 58.8 Å². The molecule has 27 heavy (non-hydrogen) atoms. The van der Waals surface area contributed by atoms with E-state index in [1.54, 1.807) is 0 Å². The van der Waals surface area contributed by atoms with Crippen molar-refractivity contribution in [3.63, 3.8) is 0 Å². The summed E-state index contributed by atoms with van der Waals surface area (Å²) in [6.07, 6.45) is 7.20. The second-order valence-corrected chi connectivity index (χ2v) is 7.66. The summed E-state index contributed by atoms with van der Waals surface area (Å²) in [5.74, 6) is 0.163. The minimum absolute atomic E-state index is 0.0814. The number of carbonyl (C=O) groups is 2. The smallest absolute Gasteiger partial charge is 0.314 e. The van der Waals surface area contributed by atoms with Crippen molar-refractivity contribution < 1.29 is 14.3 Å². The monoisotopic (exact) mass is 382 g/mol. The first-order valence-electron chi connectivity index (χ1n) is 10.7. The molecule has 0 radical (unpaired) electrons. The van der Waals surface area contributed by atoms with Gasteiger partial charge in [-0.2, -0.15) is 0 Å². The topological polar surface area (TPSA) is 73.9 Å². The fourth-order valence-corrected chi connectivity index (χ4v) is 4.34. The first-order valence-corrected chi connectivity index (χ1v) is 10.7. The number of carbonyl (C=O) groups excluding carboxylic acids is 2. The first kappa shape index (κ1) is 22.0. The Hall–Kier alpha value is -1.34. The molecule has 0 atom stereocenters. The van der Waals surface area contributed by atoms with Crippen LogP contribution in [0.5, 0.6) is 0 Å². The molecule has 2 aliphatic rings. The standard InChI is InChI=1S/C20H38N4O3/c1-3-23(4-2)18(25)9-8-12-21-19(26)22-17-20(10-6-5-7-11-20)24-13-15-27-16-14-24/h3-17H2,1-2H3,(H2,21,22,26). The van der Waals surface area contributed by atoms with E-state index in [2.05, 4.69) is 15.5 Å². The lowest BCUT2D eigenvalue weighted by molar-refractivity contribution is -0.130. The van der Waals surface area contributed by atoms with E-state index in [1.165, 1.54) is 19.3 Å². The Morgan fingerprint density at radius 3 is 2.33 bits per heavy atom. The lowest BCUT2D eigenvalue weighted by Gasteiger charge is -2.48. The van der Waals surface area contributed by atoms with Crippen LogP contribution in [0, 0.1) is 0 Å². The Labute approximate surface area is 164 Å². The van der Waals surface area contributed by atoms with Crippen LogP contribution in [0.15, 0.2) is 0 Å². The average molecular weight is 383 g/mol. The van der Waals surface area contributed by atoms with Crippen LogP contribution in [0.25, 0.3) is 0 Å². The van der Waals surface area contributed by atoms with E-state index in [0.717, 1.165) is 52.2 Å². The molecule has 0 aromatic rings. The SMILES string of the molecule is CCN(CC)C(=O)CCCNC(=O)NCC1(N2CCOCC2)CCCCC1. The number of rotatable bonds is 9. The molecule has 0 aromatic carbocycles. The highest BCUT2D eigenvalue weighted by Crippen LogP contribution is 2.33. The molecule has 1 aliphatic heterocycles. The third-order valence-corrected chi connectivity index (χ3v) is 6.01. The van der Waals surface area contributed by atoms with E-state index in [4.69, 9.17) is 4.74 Å². The van der Waals surface area contributed by atoms with Crippen LogP contribution in [-0.2, 0) is 9.53 Å². The van der Waals surface area contributed by atoms with Crippen molar-refractivity contribution in [1.82, 2.24) is 20.4 Å². The molecule has 2 rings (SSSR count). The van der Waals surface area contributed by atoms with Gasteiger partial charge in [-0.3, -0.25) is 9.69 Å². The van der Waals surface area contributed by atoms with Gasteiger partial charge in [0.25, 0.3) is 0 Å². The maximum Gasteiger partial charge on any atom is 0.314 e. The highest BCUT2D eigenvalue weighted by molar-refractivity contribution is 5.76. The number of nitrogens with zero attached hydrogens (tertiary/aromatic N) is 2. The van der Waals surface area contributed by atoms with E-state index in [1.807, 2.05) is 18.7 Å². The molecule has 1 saturated heterocycles. The molecule has 156 valence electrons. The van der Waals surface area contributed by atoms with Crippen molar-refractivity contribution in [1.29, 1.82) is 0 Å². The number of nitrogens with one attached hydrogen (secondary N) is 2. The molecule has 1 heterocycles. The molecule has 0 spiro atoms. The van der Waals surface area contributed by atoms with Crippen LogP contribution in [-0.4, -0.2) is 79.8 Å². The highest BCUT2D eigenvalue weighted by atomic mass is 16.5. The Balaban J connectivity index is 1.71. The number of ether oxygens (including phenoxy) is 1. The minimum Gasteiger partial charge on any atom is -0.379 e. The van der Waals surface area contributed by atoms with E-state index >= 15 is 0 Å². The Kier molecular flexibility index (Phi) is 9.34. The van der Waals surface area contributed by atoms with E-state index in [9.17, 15) is 9.59 Å². The normalized spacial score (nSPS) is 20.1. The van der Waals surface area contributed by atoms with Crippen LogP contribution in [0.2, 0.25) is 0 Å². The van der Waals surface area contributed by atoms with Gasteiger partial charge in [0.05, 0.1) is 13.2 Å². The van der Waals surface area contributed by atoms with Gasteiger partial charge >= 0.3 is 6.03 Å². The molecule has 3 amide bonds. The van der Waals surface area contributed by atoms with Gasteiger partial charge in [-0.25, -0.2) is 4.79 Å². The van der Waals surface area contributed by atoms with Crippen molar-refractivity contribution >= 4 is 11.9 Å². The Bertz CT molecular complexity index is 456. The molecular weight excluding hydrogens is 344 g/mol. The number of hydrogen-bond acceptors (Lipinski definition) is 4.